The van der Waals surface area contributed by atoms with Crippen molar-refractivity contribution in [2.75, 3.05) is 43.4 Å². The highest BCUT2D eigenvalue weighted by Crippen LogP contribution is 2.34. The first-order valence-electron chi connectivity index (χ1n) is 13.2. The highest BCUT2D eigenvalue weighted by Gasteiger charge is 2.32. The highest BCUT2D eigenvalue weighted by molar-refractivity contribution is 6.05. The van der Waals surface area contributed by atoms with Gasteiger partial charge in [-0.3, -0.25) is 14.3 Å². The van der Waals surface area contributed by atoms with Crippen LogP contribution in [0.5, 0.6) is 0 Å². The Labute approximate surface area is 234 Å². The van der Waals surface area contributed by atoms with E-state index in [0.717, 1.165) is 53.4 Å². The van der Waals surface area contributed by atoms with Gasteiger partial charge in [-0.2, -0.15) is 18.3 Å². The van der Waals surface area contributed by atoms with Crippen molar-refractivity contribution in [1.82, 2.24) is 24.1 Å². The Bertz CT molecular complexity index is 1720. The van der Waals surface area contributed by atoms with Crippen LogP contribution in [0.2, 0.25) is 0 Å². The van der Waals surface area contributed by atoms with Crippen molar-refractivity contribution < 1.29 is 18.0 Å². The number of hydrogen-bond donors (Lipinski definition) is 1. The Kier molecular flexibility index (Phi) is 6.74. The zero-order valence-corrected chi connectivity index (χ0v) is 22.6. The summed E-state index contributed by atoms with van der Waals surface area (Å²) < 4.78 is 45.1. The van der Waals surface area contributed by atoms with Crippen LogP contribution in [0.15, 0.2) is 79.4 Å². The van der Waals surface area contributed by atoms with Crippen molar-refractivity contribution >= 4 is 22.9 Å². The third-order valence-corrected chi connectivity index (χ3v) is 7.38. The number of anilines is 2. The summed E-state index contributed by atoms with van der Waals surface area (Å²) in [5.41, 5.74) is 4.18. The topological polar surface area (TPSA) is 70.7 Å². The summed E-state index contributed by atoms with van der Waals surface area (Å²) in [5, 5.41) is 7.44. The number of amides is 1. The molecule has 0 saturated carbocycles. The number of benzene rings is 2. The number of aryl methyl sites for hydroxylation is 1. The van der Waals surface area contributed by atoms with Crippen LogP contribution in [-0.2, 0) is 6.18 Å². The number of piperazine rings is 1. The van der Waals surface area contributed by atoms with E-state index in [0.29, 0.717) is 24.5 Å². The molecule has 1 N–H and O–H groups in total. The molecular weight excluding hydrogens is 531 g/mol. The normalized spacial score (nSPS) is 14.5. The maximum atomic E-state index is 13.8. The van der Waals surface area contributed by atoms with E-state index in [9.17, 15) is 18.0 Å². The molecule has 6 rings (SSSR count). The molecule has 41 heavy (non-hydrogen) atoms. The molecule has 0 radical (unpaired) electrons. The van der Waals surface area contributed by atoms with E-state index in [1.54, 1.807) is 29.0 Å². The van der Waals surface area contributed by atoms with Gasteiger partial charge in [0.05, 0.1) is 16.9 Å². The first kappa shape index (κ1) is 26.6. The number of hydrogen-bond acceptors (Lipinski definition) is 5. The van der Waals surface area contributed by atoms with E-state index in [4.69, 9.17) is 0 Å². The van der Waals surface area contributed by atoms with Gasteiger partial charge in [-0.25, -0.2) is 4.52 Å². The van der Waals surface area contributed by atoms with Gasteiger partial charge in [0, 0.05) is 79.5 Å². The average Bonchev–Trinajstić information content (AvgIpc) is 3.56. The zero-order valence-electron chi connectivity index (χ0n) is 22.6. The average molecular weight is 560 g/mol. The number of pyridine rings is 1. The first-order chi connectivity index (χ1) is 19.7. The van der Waals surface area contributed by atoms with Crippen LogP contribution < -0.4 is 10.2 Å². The number of likely N-dealkylation sites (N-methyl/N-ethyl adjacent to an activating group) is 1. The fourth-order valence-corrected chi connectivity index (χ4v) is 5.04. The number of rotatable bonds is 5. The van der Waals surface area contributed by atoms with Gasteiger partial charge in [0.15, 0.2) is 0 Å². The molecule has 0 aliphatic carbocycles. The Morgan fingerprint density at radius 3 is 2.51 bits per heavy atom. The molecule has 1 saturated heterocycles. The van der Waals surface area contributed by atoms with Gasteiger partial charge in [-0.1, -0.05) is 6.07 Å². The van der Waals surface area contributed by atoms with Crippen molar-refractivity contribution in [3.63, 3.8) is 0 Å². The maximum Gasteiger partial charge on any atom is 0.416 e. The predicted octanol–water partition coefficient (Wildman–Crippen LogP) is 5.52. The van der Waals surface area contributed by atoms with E-state index >= 15 is 0 Å². The summed E-state index contributed by atoms with van der Waals surface area (Å²) in [4.78, 5) is 21.5. The third-order valence-electron chi connectivity index (χ3n) is 7.38. The number of halogens is 3. The van der Waals surface area contributed by atoms with Crippen molar-refractivity contribution in [2.24, 2.45) is 0 Å². The quantitative estimate of drug-likeness (QED) is 0.307. The number of carbonyl (C=O) groups excluding carboxylic acids is 1. The minimum Gasteiger partial charge on any atom is -0.369 e. The molecule has 210 valence electrons. The lowest BCUT2D eigenvalue weighted by Crippen LogP contribution is -2.44. The minimum atomic E-state index is -4.58. The number of alkyl halides is 3. The summed E-state index contributed by atoms with van der Waals surface area (Å²) in [6, 6.07) is 14.7. The Balaban J connectivity index is 1.30. The number of nitrogens with one attached hydrogen (secondary N) is 1. The van der Waals surface area contributed by atoms with Gasteiger partial charge in [0.1, 0.15) is 5.65 Å². The lowest BCUT2D eigenvalue weighted by molar-refractivity contribution is -0.137. The van der Waals surface area contributed by atoms with E-state index in [2.05, 4.69) is 20.3 Å². The number of nitrogens with zero attached hydrogens (tertiary/aromatic N) is 6. The van der Waals surface area contributed by atoms with Crippen molar-refractivity contribution in [2.45, 2.75) is 13.1 Å². The third kappa shape index (κ3) is 5.40. The van der Waals surface area contributed by atoms with Gasteiger partial charge in [-0.05, 0) is 62.0 Å². The Morgan fingerprint density at radius 1 is 0.976 bits per heavy atom. The fourth-order valence-electron chi connectivity index (χ4n) is 5.04. The van der Waals surface area contributed by atoms with Gasteiger partial charge in [-0.15, -0.1) is 0 Å². The van der Waals surface area contributed by atoms with E-state index in [1.807, 2.05) is 60.1 Å². The van der Waals surface area contributed by atoms with Gasteiger partial charge in [0.2, 0.25) is 0 Å². The molecule has 4 heterocycles. The molecule has 1 aliphatic heterocycles. The monoisotopic (exact) mass is 559 g/mol. The molecule has 8 nitrogen and oxygen atoms in total. The summed E-state index contributed by atoms with van der Waals surface area (Å²) in [6.45, 7) is 4.59. The molecule has 0 bridgehead atoms. The second kappa shape index (κ2) is 10.4. The number of aromatic nitrogens is 4. The highest BCUT2D eigenvalue weighted by atomic mass is 19.4. The lowest BCUT2D eigenvalue weighted by atomic mass is 10.1. The van der Waals surface area contributed by atoms with E-state index in [1.165, 1.54) is 6.07 Å². The number of imidazole rings is 1. The molecule has 2 aromatic carbocycles. The lowest BCUT2D eigenvalue weighted by Gasteiger charge is -2.34. The van der Waals surface area contributed by atoms with Crippen LogP contribution in [0.4, 0.5) is 24.5 Å². The maximum absolute atomic E-state index is 13.8. The van der Waals surface area contributed by atoms with Gasteiger partial charge >= 0.3 is 6.18 Å². The molecule has 5 aromatic rings. The van der Waals surface area contributed by atoms with Crippen molar-refractivity contribution in [3.8, 4) is 16.9 Å². The van der Waals surface area contributed by atoms with Crippen molar-refractivity contribution in [1.29, 1.82) is 0 Å². The second-order valence-corrected chi connectivity index (χ2v) is 10.3. The van der Waals surface area contributed by atoms with Crippen LogP contribution in [-0.4, -0.2) is 63.2 Å². The van der Waals surface area contributed by atoms with Crippen LogP contribution in [0.1, 0.15) is 21.5 Å². The first-order valence-corrected chi connectivity index (χ1v) is 13.2. The van der Waals surface area contributed by atoms with Gasteiger partial charge in [0.25, 0.3) is 5.91 Å². The summed E-state index contributed by atoms with van der Waals surface area (Å²) in [5.74, 6) is -0.609. The largest absolute Gasteiger partial charge is 0.416 e. The minimum absolute atomic E-state index is 0.0452. The van der Waals surface area contributed by atoms with Crippen LogP contribution in [0.25, 0.3) is 22.6 Å². The summed E-state index contributed by atoms with van der Waals surface area (Å²) in [7, 11) is 1.98. The zero-order chi connectivity index (χ0) is 28.7. The molecule has 0 spiro atoms. The second-order valence-electron chi connectivity index (χ2n) is 10.3. The molecule has 1 aliphatic rings. The number of fused-ring (bicyclic) bond motifs is 1. The standard InChI is InChI=1S/C30H28F3N7O/c1-20-5-6-24(17-27(20)39-12-13-40-28(39)18-26(36-40)21-4-3-7-34-19-21)35-29(41)22-14-23(30(31,32)33)16-25(15-22)38-10-8-37(2)9-11-38/h3-7,12-19H,8-11H2,1-2H3,(H,35,41). The summed E-state index contributed by atoms with van der Waals surface area (Å²) in [6.07, 6.45) is 2.58. The smallest absolute Gasteiger partial charge is 0.369 e. The molecule has 11 heteroatoms. The molecule has 1 fully saturated rings. The summed E-state index contributed by atoms with van der Waals surface area (Å²) >= 11 is 0. The van der Waals surface area contributed by atoms with E-state index < -0.39 is 17.6 Å². The van der Waals surface area contributed by atoms with Crippen LogP contribution in [0, 0.1) is 6.92 Å². The Hall–Kier alpha value is -4.64. The van der Waals surface area contributed by atoms with Crippen molar-refractivity contribution in [3.05, 3.63) is 96.1 Å². The molecular formula is C30H28F3N7O. The van der Waals surface area contributed by atoms with Crippen LogP contribution >= 0.6 is 0 Å². The van der Waals surface area contributed by atoms with Gasteiger partial charge < -0.3 is 15.1 Å². The molecule has 1 amide bonds. The molecule has 0 unspecified atom stereocenters. The predicted molar refractivity (Wildman–Crippen MR) is 152 cm³/mol. The van der Waals surface area contributed by atoms with E-state index in [-0.39, 0.29) is 5.56 Å². The van der Waals surface area contributed by atoms with Crippen LogP contribution in [0.3, 0.4) is 0 Å². The SMILES string of the molecule is Cc1ccc(NC(=O)c2cc(N3CCN(C)CC3)cc(C(F)(F)F)c2)cc1-n1ccn2nc(-c3cccnc3)cc12. The molecule has 0 atom stereocenters. The fraction of sp³-hybridized carbons (Fsp3) is 0.233. The molecule has 3 aromatic heterocycles. The Morgan fingerprint density at radius 2 is 1.78 bits per heavy atom. The number of carbonyl (C=O) groups is 1.